The number of halogens is 2. The molecule has 1 aliphatic heterocycles. The summed E-state index contributed by atoms with van der Waals surface area (Å²) in [5.74, 6) is -2.13. The van der Waals surface area contributed by atoms with Crippen molar-refractivity contribution in [2.75, 3.05) is 13.1 Å². The summed E-state index contributed by atoms with van der Waals surface area (Å²) >= 11 is 0. The molecule has 0 radical (unpaired) electrons. The van der Waals surface area contributed by atoms with E-state index in [-0.39, 0.29) is 17.9 Å². The van der Waals surface area contributed by atoms with Crippen LogP contribution < -0.4 is 10.6 Å². The number of hydrogen-bond acceptors (Lipinski definition) is 2. The molecule has 104 valence electrons. The van der Waals surface area contributed by atoms with Gasteiger partial charge in [-0.15, -0.1) is 0 Å². The monoisotopic (exact) mass is 268 g/mol. The Morgan fingerprint density at radius 2 is 2.26 bits per heavy atom. The van der Waals surface area contributed by atoms with Crippen LogP contribution in [-0.2, 0) is 11.2 Å². The molecule has 3 nitrogen and oxygen atoms in total. The predicted octanol–water partition coefficient (Wildman–Crippen LogP) is 1.77. The molecule has 1 aliphatic rings. The molecule has 0 aromatic heterocycles. The lowest BCUT2D eigenvalue weighted by atomic mass is 10.1. The average Bonchev–Trinajstić information content (AvgIpc) is 2.88. The van der Waals surface area contributed by atoms with Gasteiger partial charge in [-0.3, -0.25) is 4.79 Å². The van der Waals surface area contributed by atoms with Crippen LogP contribution in [0.3, 0.4) is 0 Å². The lowest BCUT2D eigenvalue weighted by molar-refractivity contribution is -0.120. The Labute approximate surface area is 111 Å². The normalized spacial score (nSPS) is 18.5. The fourth-order valence-electron chi connectivity index (χ4n) is 2.31. The van der Waals surface area contributed by atoms with Gasteiger partial charge in [-0.2, -0.15) is 0 Å². The summed E-state index contributed by atoms with van der Waals surface area (Å²) in [4.78, 5) is 11.6. The number of hydrogen-bond donors (Lipinski definition) is 2. The van der Waals surface area contributed by atoms with Crippen molar-refractivity contribution < 1.29 is 13.6 Å². The fourth-order valence-corrected chi connectivity index (χ4v) is 2.31. The van der Waals surface area contributed by atoms with Crippen LogP contribution >= 0.6 is 0 Å². The predicted molar refractivity (Wildman–Crippen MR) is 68.7 cm³/mol. The van der Waals surface area contributed by atoms with Gasteiger partial charge in [0.25, 0.3) is 0 Å². The van der Waals surface area contributed by atoms with Gasteiger partial charge < -0.3 is 10.6 Å². The van der Waals surface area contributed by atoms with Crippen LogP contribution in [0.2, 0.25) is 0 Å². The summed E-state index contributed by atoms with van der Waals surface area (Å²) in [7, 11) is 0. The van der Waals surface area contributed by atoms with Crippen LogP contribution in [0.15, 0.2) is 18.2 Å². The quantitative estimate of drug-likeness (QED) is 0.854. The molecule has 0 saturated carbocycles. The average molecular weight is 268 g/mol. The third-order valence-corrected chi connectivity index (χ3v) is 3.36. The SMILES string of the molecule is O=C(Cc1cccc(F)c1F)NCCC1CCCN1. The van der Waals surface area contributed by atoms with Gasteiger partial charge >= 0.3 is 0 Å². The van der Waals surface area contributed by atoms with Crippen LogP contribution in [0.4, 0.5) is 8.78 Å². The number of carbonyl (C=O) groups is 1. The lowest BCUT2D eigenvalue weighted by Crippen LogP contribution is -2.31. The third-order valence-electron chi connectivity index (χ3n) is 3.36. The Hall–Kier alpha value is -1.49. The van der Waals surface area contributed by atoms with E-state index < -0.39 is 11.6 Å². The summed E-state index contributed by atoms with van der Waals surface area (Å²) in [5, 5.41) is 6.07. The van der Waals surface area contributed by atoms with E-state index in [1.807, 2.05) is 0 Å². The molecule has 2 N–H and O–H groups in total. The second kappa shape index (κ2) is 6.61. The van der Waals surface area contributed by atoms with E-state index in [0.29, 0.717) is 12.6 Å². The number of rotatable bonds is 5. The first-order valence-corrected chi connectivity index (χ1v) is 6.60. The molecule has 1 atom stereocenters. The molecule has 0 bridgehead atoms. The van der Waals surface area contributed by atoms with Gasteiger partial charge in [-0.05, 0) is 31.9 Å². The topological polar surface area (TPSA) is 41.1 Å². The molecular formula is C14H18F2N2O. The van der Waals surface area contributed by atoms with E-state index in [0.717, 1.165) is 25.5 Å². The third kappa shape index (κ3) is 3.99. The van der Waals surface area contributed by atoms with E-state index in [4.69, 9.17) is 0 Å². The fraction of sp³-hybridized carbons (Fsp3) is 0.500. The number of carbonyl (C=O) groups excluding carboxylic acids is 1. The Balaban J connectivity index is 1.76. The smallest absolute Gasteiger partial charge is 0.224 e. The van der Waals surface area contributed by atoms with Gasteiger partial charge in [0.1, 0.15) is 0 Å². The van der Waals surface area contributed by atoms with Crippen LogP contribution in [0.5, 0.6) is 0 Å². The molecule has 1 fully saturated rings. The maximum Gasteiger partial charge on any atom is 0.224 e. The zero-order valence-electron chi connectivity index (χ0n) is 10.7. The highest BCUT2D eigenvalue weighted by molar-refractivity contribution is 5.78. The second-order valence-corrected chi connectivity index (χ2v) is 4.82. The van der Waals surface area contributed by atoms with Crippen molar-refractivity contribution in [3.05, 3.63) is 35.4 Å². The van der Waals surface area contributed by atoms with E-state index in [9.17, 15) is 13.6 Å². The van der Waals surface area contributed by atoms with Crippen molar-refractivity contribution >= 4 is 5.91 Å². The zero-order valence-corrected chi connectivity index (χ0v) is 10.7. The molecule has 1 aromatic rings. The largest absolute Gasteiger partial charge is 0.356 e. The van der Waals surface area contributed by atoms with Crippen molar-refractivity contribution in [3.63, 3.8) is 0 Å². The minimum absolute atomic E-state index is 0.0940. The van der Waals surface area contributed by atoms with E-state index in [1.54, 1.807) is 0 Å². The molecule has 19 heavy (non-hydrogen) atoms. The Kier molecular flexibility index (Phi) is 4.85. The first kappa shape index (κ1) is 13.9. The molecule has 0 spiro atoms. The van der Waals surface area contributed by atoms with Crippen LogP contribution in [-0.4, -0.2) is 25.0 Å². The number of amides is 1. The first-order valence-electron chi connectivity index (χ1n) is 6.60. The summed E-state index contributed by atoms with van der Waals surface area (Å²) in [6, 6.07) is 4.34. The highest BCUT2D eigenvalue weighted by Gasteiger charge is 2.14. The molecule has 1 heterocycles. The van der Waals surface area contributed by atoms with E-state index in [1.165, 1.54) is 18.6 Å². The minimum Gasteiger partial charge on any atom is -0.356 e. The Morgan fingerprint density at radius 3 is 3.00 bits per heavy atom. The van der Waals surface area contributed by atoms with Crippen molar-refractivity contribution in [2.45, 2.75) is 31.7 Å². The molecule has 2 rings (SSSR count). The summed E-state index contributed by atoms with van der Waals surface area (Å²) in [6.45, 7) is 1.60. The van der Waals surface area contributed by atoms with Gasteiger partial charge in [0, 0.05) is 18.2 Å². The molecule has 1 aromatic carbocycles. The van der Waals surface area contributed by atoms with Gasteiger partial charge in [-0.25, -0.2) is 8.78 Å². The molecule has 1 amide bonds. The maximum atomic E-state index is 13.4. The van der Waals surface area contributed by atoms with E-state index >= 15 is 0 Å². The molecule has 1 unspecified atom stereocenters. The standard InChI is InChI=1S/C14H18F2N2O/c15-12-5-1-3-10(14(12)16)9-13(19)18-8-6-11-4-2-7-17-11/h1,3,5,11,17H,2,4,6-9H2,(H,18,19). The first-order chi connectivity index (χ1) is 9.16. The second-order valence-electron chi connectivity index (χ2n) is 4.82. The van der Waals surface area contributed by atoms with Crippen LogP contribution in [0.1, 0.15) is 24.8 Å². The summed E-state index contributed by atoms with van der Waals surface area (Å²) in [6.07, 6.45) is 3.06. The molecule has 0 aliphatic carbocycles. The van der Waals surface area contributed by atoms with Crippen LogP contribution in [0, 0.1) is 11.6 Å². The molecule has 1 saturated heterocycles. The Morgan fingerprint density at radius 1 is 1.42 bits per heavy atom. The lowest BCUT2D eigenvalue weighted by Gasteiger charge is -2.11. The van der Waals surface area contributed by atoms with Gasteiger partial charge in [0.2, 0.25) is 5.91 Å². The number of benzene rings is 1. The van der Waals surface area contributed by atoms with Crippen molar-refractivity contribution in [1.29, 1.82) is 0 Å². The van der Waals surface area contributed by atoms with Gasteiger partial charge in [0.15, 0.2) is 11.6 Å². The van der Waals surface area contributed by atoms with Crippen LogP contribution in [0.25, 0.3) is 0 Å². The number of nitrogens with one attached hydrogen (secondary N) is 2. The highest BCUT2D eigenvalue weighted by atomic mass is 19.2. The highest BCUT2D eigenvalue weighted by Crippen LogP contribution is 2.12. The Bertz CT molecular complexity index is 445. The molecule has 5 heteroatoms. The summed E-state index contributed by atoms with van der Waals surface area (Å²) in [5.41, 5.74) is 0.0940. The van der Waals surface area contributed by atoms with Crippen molar-refractivity contribution in [1.82, 2.24) is 10.6 Å². The van der Waals surface area contributed by atoms with E-state index in [2.05, 4.69) is 10.6 Å². The van der Waals surface area contributed by atoms with Crippen molar-refractivity contribution in [2.24, 2.45) is 0 Å². The van der Waals surface area contributed by atoms with Gasteiger partial charge in [0.05, 0.1) is 6.42 Å². The molecular weight excluding hydrogens is 250 g/mol. The summed E-state index contributed by atoms with van der Waals surface area (Å²) < 4.78 is 26.3. The minimum atomic E-state index is -0.935. The van der Waals surface area contributed by atoms with Gasteiger partial charge in [-0.1, -0.05) is 12.1 Å². The maximum absolute atomic E-state index is 13.4. The zero-order chi connectivity index (χ0) is 13.7. The van der Waals surface area contributed by atoms with Crippen molar-refractivity contribution in [3.8, 4) is 0 Å².